The maximum absolute atomic E-state index is 5.80. The monoisotopic (exact) mass is 341 g/mol. The van der Waals surface area contributed by atoms with Crippen molar-refractivity contribution in [2.75, 3.05) is 27.3 Å². The van der Waals surface area contributed by atoms with Gasteiger partial charge in [-0.15, -0.1) is 0 Å². The first-order valence-corrected chi connectivity index (χ1v) is 8.44. The van der Waals surface area contributed by atoms with Crippen LogP contribution in [0.1, 0.15) is 16.7 Å². The Bertz CT molecular complexity index is 644. The maximum atomic E-state index is 5.80. The van der Waals surface area contributed by atoms with Gasteiger partial charge in [-0.1, -0.05) is 54.6 Å². The number of nitrogens with zero attached hydrogens (tertiary/aromatic N) is 1. The molecule has 0 saturated heterocycles. The van der Waals surface area contributed by atoms with Gasteiger partial charge in [0.1, 0.15) is 0 Å². The van der Waals surface area contributed by atoms with Crippen LogP contribution in [-0.2, 0) is 29.2 Å². The van der Waals surface area contributed by atoms with Crippen LogP contribution >= 0.6 is 0 Å². The number of guanidine groups is 1. The van der Waals surface area contributed by atoms with Gasteiger partial charge in [0.25, 0.3) is 0 Å². The van der Waals surface area contributed by atoms with Gasteiger partial charge in [0, 0.05) is 27.2 Å². The Morgan fingerprint density at radius 3 is 2.40 bits per heavy atom. The van der Waals surface area contributed by atoms with Crippen LogP contribution in [0.4, 0.5) is 0 Å². The Kier molecular flexibility index (Phi) is 8.52. The van der Waals surface area contributed by atoms with Gasteiger partial charge >= 0.3 is 0 Å². The minimum Gasteiger partial charge on any atom is -0.383 e. The molecule has 2 aromatic rings. The molecule has 0 saturated carbocycles. The van der Waals surface area contributed by atoms with E-state index in [4.69, 9.17) is 9.47 Å². The molecule has 5 heteroatoms. The van der Waals surface area contributed by atoms with Crippen LogP contribution in [0, 0.1) is 0 Å². The molecule has 2 aromatic carbocycles. The van der Waals surface area contributed by atoms with E-state index >= 15 is 0 Å². The maximum Gasteiger partial charge on any atom is 0.191 e. The van der Waals surface area contributed by atoms with Gasteiger partial charge in [0.15, 0.2) is 5.96 Å². The summed E-state index contributed by atoms with van der Waals surface area (Å²) in [4.78, 5) is 4.19. The van der Waals surface area contributed by atoms with Crippen molar-refractivity contribution < 1.29 is 9.47 Å². The first kappa shape index (κ1) is 19.0. The molecule has 0 fully saturated rings. The molecule has 0 aliphatic heterocycles. The third kappa shape index (κ3) is 7.37. The van der Waals surface area contributed by atoms with E-state index in [2.05, 4.69) is 52.0 Å². The van der Waals surface area contributed by atoms with E-state index in [-0.39, 0.29) is 0 Å². The molecule has 0 aliphatic carbocycles. The average molecular weight is 341 g/mol. The van der Waals surface area contributed by atoms with Crippen molar-refractivity contribution in [2.45, 2.75) is 19.8 Å². The van der Waals surface area contributed by atoms with Crippen molar-refractivity contribution in [2.24, 2.45) is 4.99 Å². The van der Waals surface area contributed by atoms with Gasteiger partial charge < -0.3 is 20.1 Å². The number of ether oxygens (including phenoxy) is 2. The van der Waals surface area contributed by atoms with Gasteiger partial charge in [0.05, 0.1) is 19.8 Å². The Morgan fingerprint density at radius 1 is 0.920 bits per heavy atom. The summed E-state index contributed by atoms with van der Waals surface area (Å²) in [7, 11) is 3.44. The van der Waals surface area contributed by atoms with Crippen LogP contribution < -0.4 is 10.6 Å². The Morgan fingerprint density at radius 2 is 1.64 bits per heavy atom. The highest BCUT2D eigenvalue weighted by molar-refractivity contribution is 5.79. The molecule has 0 aliphatic rings. The predicted octanol–water partition coefficient (Wildman–Crippen LogP) is 2.71. The van der Waals surface area contributed by atoms with Gasteiger partial charge in [-0.25, -0.2) is 0 Å². The van der Waals surface area contributed by atoms with Crippen LogP contribution in [0.2, 0.25) is 0 Å². The molecule has 0 radical (unpaired) electrons. The smallest absolute Gasteiger partial charge is 0.191 e. The molecule has 0 heterocycles. The highest BCUT2D eigenvalue weighted by atomic mass is 16.5. The fourth-order valence-corrected chi connectivity index (χ4v) is 2.37. The molecule has 2 rings (SSSR count). The van der Waals surface area contributed by atoms with E-state index in [1.54, 1.807) is 14.2 Å². The fourth-order valence-electron chi connectivity index (χ4n) is 2.37. The molecule has 2 N–H and O–H groups in total. The number of benzene rings is 2. The number of aliphatic imine (C=N–C) groups is 1. The number of methoxy groups -OCH3 is 1. The van der Waals surface area contributed by atoms with Crippen molar-refractivity contribution in [1.29, 1.82) is 0 Å². The fraction of sp³-hybridized carbons (Fsp3) is 0.350. The second kappa shape index (κ2) is 11.2. The molecular weight excluding hydrogens is 314 g/mol. The van der Waals surface area contributed by atoms with E-state index in [9.17, 15) is 0 Å². The number of rotatable bonds is 9. The first-order valence-electron chi connectivity index (χ1n) is 8.44. The van der Waals surface area contributed by atoms with Crippen LogP contribution in [0.3, 0.4) is 0 Å². The highest BCUT2D eigenvalue weighted by Gasteiger charge is 2.00. The van der Waals surface area contributed by atoms with Crippen LogP contribution in [0.5, 0.6) is 0 Å². The third-order valence-electron chi connectivity index (χ3n) is 3.65. The van der Waals surface area contributed by atoms with Crippen LogP contribution in [-0.4, -0.2) is 33.3 Å². The standard InChI is InChI=1S/C20H27N3O2/c1-21-20(22-11-12-24-2)23-14-18-9-6-10-19(13-18)16-25-15-17-7-4-3-5-8-17/h3-10,13H,11-12,14-16H2,1-2H3,(H2,21,22,23). The minimum absolute atomic E-state index is 0.601. The molecule has 0 atom stereocenters. The lowest BCUT2D eigenvalue weighted by Gasteiger charge is -2.12. The summed E-state index contributed by atoms with van der Waals surface area (Å²) in [6.07, 6.45) is 0. The molecule has 25 heavy (non-hydrogen) atoms. The summed E-state index contributed by atoms with van der Waals surface area (Å²) in [6.45, 7) is 3.31. The third-order valence-corrected chi connectivity index (χ3v) is 3.65. The van der Waals surface area contributed by atoms with Gasteiger partial charge in [0.2, 0.25) is 0 Å². The molecule has 134 valence electrons. The van der Waals surface area contributed by atoms with Crippen LogP contribution in [0.25, 0.3) is 0 Å². The van der Waals surface area contributed by atoms with Crippen LogP contribution in [0.15, 0.2) is 59.6 Å². The highest BCUT2D eigenvalue weighted by Crippen LogP contribution is 2.09. The normalized spacial score (nSPS) is 11.4. The number of hydrogen-bond donors (Lipinski definition) is 2. The quantitative estimate of drug-likeness (QED) is 0.418. The Hall–Kier alpha value is -2.37. The Labute approximate surface area is 150 Å². The summed E-state index contributed by atoms with van der Waals surface area (Å²) in [5.41, 5.74) is 3.54. The topological polar surface area (TPSA) is 54.9 Å². The van der Waals surface area contributed by atoms with Gasteiger partial charge in [-0.05, 0) is 16.7 Å². The zero-order valence-electron chi connectivity index (χ0n) is 15.0. The predicted molar refractivity (Wildman–Crippen MR) is 101 cm³/mol. The summed E-state index contributed by atoms with van der Waals surface area (Å²) >= 11 is 0. The van der Waals surface area contributed by atoms with E-state index in [0.29, 0.717) is 26.4 Å². The molecule has 0 aromatic heterocycles. The molecule has 0 unspecified atom stereocenters. The minimum atomic E-state index is 0.601. The van der Waals surface area contributed by atoms with E-state index in [1.807, 2.05) is 18.2 Å². The van der Waals surface area contributed by atoms with E-state index in [0.717, 1.165) is 18.1 Å². The van der Waals surface area contributed by atoms with Crippen molar-refractivity contribution in [3.05, 3.63) is 71.3 Å². The summed E-state index contributed by atoms with van der Waals surface area (Å²) in [5.74, 6) is 0.766. The lowest BCUT2D eigenvalue weighted by Crippen LogP contribution is -2.38. The van der Waals surface area contributed by atoms with Gasteiger partial charge in [-0.3, -0.25) is 4.99 Å². The first-order chi connectivity index (χ1) is 12.3. The average Bonchev–Trinajstić information content (AvgIpc) is 2.66. The zero-order valence-corrected chi connectivity index (χ0v) is 15.0. The molecule has 0 amide bonds. The van der Waals surface area contributed by atoms with Gasteiger partial charge in [-0.2, -0.15) is 0 Å². The summed E-state index contributed by atoms with van der Waals surface area (Å²) < 4.78 is 10.8. The summed E-state index contributed by atoms with van der Waals surface area (Å²) in [5, 5.41) is 6.49. The van der Waals surface area contributed by atoms with Crippen molar-refractivity contribution in [1.82, 2.24) is 10.6 Å². The summed E-state index contributed by atoms with van der Waals surface area (Å²) in [6, 6.07) is 18.6. The SMILES string of the molecule is CN=C(NCCOC)NCc1cccc(COCc2ccccc2)c1. The molecule has 0 spiro atoms. The van der Waals surface area contributed by atoms with E-state index in [1.165, 1.54) is 11.1 Å². The lowest BCUT2D eigenvalue weighted by molar-refractivity contribution is 0.107. The second-order valence-electron chi connectivity index (χ2n) is 5.64. The number of nitrogens with one attached hydrogen (secondary N) is 2. The van der Waals surface area contributed by atoms with Crippen molar-refractivity contribution in [3.8, 4) is 0 Å². The van der Waals surface area contributed by atoms with E-state index < -0.39 is 0 Å². The lowest BCUT2D eigenvalue weighted by atomic mass is 10.1. The number of hydrogen-bond acceptors (Lipinski definition) is 3. The van der Waals surface area contributed by atoms with Crippen molar-refractivity contribution >= 4 is 5.96 Å². The molecular formula is C20H27N3O2. The molecule has 0 bridgehead atoms. The molecule has 5 nitrogen and oxygen atoms in total. The Balaban J connectivity index is 1.78. The second-order valence-corrected chi connectivity index (χ2v) is 5.64. The van der Waals surface area contributed by atoms with Crippen molar-refractivity contribution in [3.63, 3.8) is 0 Å². The zero-order chi connectivity index (χ0) is 17.7. The largest absolute Gasteiger partial charge is 0.383 e.